The van der Waals surface area contributed by atoms with Gasteiger partial charge in [0.15, 0.2) is 0 Å². The van der Waals surface area contributed by atoms with Crippen molar-refractivity contribution in [2.24, 2.45) is 0 Å². The van der Waals surface area contributed by atoms with E-state index in [1.54, 1.807) is 31.4 Å². The molecule has 0 amide bonds. The van der Waals surface area contributed by atoms with Gasteiger partial charge in [-0.05, 0) is 29.3 Å². The third-order valence-corrected chi connectivity index (χ3v) is 3.63. The van der Waals surface area contributed by atoms with E-state index in [9.17, 15) is 5.11 Å². The van der Waals surface area contributed by atoms with E-state index in [0.29, 0.717) is 27.8 Å². The van der Waals surface area contributed by atoms with Crippen LogP contribution < -0.4 is 4.74 Å². The van der Waals surface area contributed by atoms with Crippen LogP contribution in [-0.4, -0.2) is 12.2 Å². The highest BCUT2D eigenvalue weighted by Crippen LogP contribution is 2.30. The summed E-state index contributed by atoms with van der Waals surface area (Å²) in [6, 6.07) is 12.7. The van der Waals surface area contributed by atoms with E-state index in [0.717, 1.165) is 5.56 Å². The van der Waals surface area contributed by atoms with Crippen LogP contribution in [0.15, 0.2) is 42.5 Å². The maximum absolute atomic E-state index is 10.3. The summed E-state index contributed by atoms with van der Waals surface area (Å²) in [5.74, 6) is 0.665. The zero-order chi connectivity index (χ0) is 13.8. The van der Waals surface area contributed by atoms with Gasteiger partial charge in [-0.15, -0.1) is 0 Å². The van der Waals surface area contributed by atoms with E-state index in [-0.39, 0.29) is 0 Å². The number of ether oxygens (including phenoxy) is 1. The third kappa shape index (κ3) is 3.41. The first-order valence-electron chi connectivity index (χ1n) is 5.86. The van der Waals surface area contributed by atoms with Gasteiger partial charge in [-0.1, -0.05) is 47.5 Å². The predicted octanol–water partition coefficient (Wildman–Crippen LogP) is 4.28. The zero-order valence-corrected chi connectivity index (χ0v) is 11.9. The number of aliphatic hydroxyl groups is 1. The summed E-state index contributed by atoms with van der Waals surface area (Å²) in [7, 11) is 1.57. The molecule has 1 unspecified atom stereocenters. The second-order valence-corrected chi connectivity index (χ2v) is 5.01. The Morgan fingerprint density at radius 2 is 1.84 bits per heavy atom. The highest BCUT2D eigenvalue weighted by molar-refractivity contribution is 6.31. The molecule has 0 aliphatic carbocycles. The standard InChI is InChI=1S/C15H14Cl2O2/c1-19-11-6-7-12(14(17)9-11)15(18)8-10-4-2-3-5-13(10)16/h2-7,9,15,18H,8H2,1H3. The van der Waals surface area contributed by atoms with Crippen molar-refractivity contribution in [3.05, 3.63) is 63.6 Å². The summed E-state index contributed by atoms with van der Waals surface area (Å²) in [4.78, 5) is 0. The van der Waals surface area contributed by atoms with Crippen LogP contribution in [0.3, 0.4) is 0 Å². The van der Waals surface area contributed by atoms with Gasteiger partial charge in [0, 0.05) is 11.4 Å². The maximum Gasteiger partial charge on any atom is 0.120 e. The summed E-state index contributed by atoms with van der Waals surface area (Å²) >= 11 is 12.2. The first-order valence-corrected chi connectivity index (χ1v) is 6.62. The average molecular weight is 297 g/mol. The molecular formula is C15H14Cl2O2. The SMILES string of the molecule is COc1ccc(C(O)Cc2ccccc2Cl)c(Cl)c1. The Hall–Kier alpha value is -1.22. The largest absolute Gasteiger partial charge is 0.497 e. The van der Waals surface area contributed by atoms with Gasteiger partial charge in [-0.3, -0.25) is 0 Å². The number of benzene rings is 2. The second-order valence-electron chi connectivity index (χ2n) is 4.20. The van der Waals surface area contributed by atoms with Gasteiger partial charge in [0.05, 0.1) is 18.2 Å². The molecule has 2 rings (SSSR count). The fourth-order valence-electron chi connectivity index (χ4n) is 1.89. The number of rotatable bonds is 4. The van der Waals surface area contributed by atoms with Crippen molar-refractivity contribution in [1.29, 1.82) is 0 Å². The third-order valence-electron chi connectivity index (χ3n) is 2.94. The summed E-state index contributed by atoms with van der Waals surface area (Å²) in [6.45, 7) is 0. The first-order chi connectivity index (χ1) is 9.11. The lowest BCUT2D eigenvalue weighted by Gasteiger charge is -2.14. The molecule has 2 nitrogen and oxygen atoms in total. The minimum absolute atomic E-state index is 0.422. The Labute approximate surface area is 122 Å². The molecule has 100 valence electrons. The van der Waals surface area contributed by atoms with Crippen molar-refractivity contribution in [1.82, 2.24) is 0 Å². The van der Waals surface area contributed by atoms with Gasteiger partial charge in [0.2, 0.25) is 0 Å². The zero-order valence-electron chi connectivity index (χ0n) is 10.4. The highest BCUT2D eigenvalue weighted by atomic mass is 35.5. The molecule has 0 saturated heterocycles. The number of aliphatic hydroxyl groups excluding tert-OH is 1. The van der Waals surface area contributed by atoms with Crippen molar-refractivity contribution in [2.75, 3.05) is 7.11 Å². The summed E-state index contributed by atoms with van der Waals surface area (Å²) < 4.78 is 5.08. The van der Waals surface area contributed by atoms with E-state index in [4.69, 9.17) is 27.9 Å². The molecule has 0 saturated carbocycles. The van der Waals surface area contributed by atoms with Gasteiger partial charge in [-0.25, -0.2) is 0 Å². The normalized spacial score (nSPS) is 12.2. The summed E-state index contributed by atoms with van der Waals surface area (Å²) in [6.07, 6.45) is -0.274. The Bertz CT molecular complexity index is 570. The molecule has 0 aliphatic heterocycles. The Kier molecular flexibility index (Phi) is 4.70. The molecule has 1 atom stereocenters. The summed E-state index contributed by atoms with van der Waals surface area (Å²) in [5.41, 5.74) is 1.56. The fourth-order valence-corrected chi connectivity index (χ4v) is 2.40. The first kappa shape index (κ1) is 14.2. The molecule has 2 aromatic rings. The molecule has 19 heavy (non-hydrogen) atoms. The van der Waals surface area contributed by atoms with E-state index in [1.807, 2.05) is 18.2 Å². The number of hydrogen-bond acceptors (Lipinski definition) is 2. The minimum Gasteiger partial charge on any atom is -0.497 e. The molecule has 0 bridgehead atoms. The molecule has 0 fully saturated rings. The number of hydrogen-bond donors (Lipinski definition) is 1. The fraction of sp³-hybridized carbons (Fsp3) is 0.200. The van der Waals surface area contributed by atoms with Crippen LogP contribution >= 0.6 is 23.2 Å². The number of methoxy groups -OCH3 is 1. The quantitative estimate of drug-likeness (QED) is 0.912. The van der Waals surface area contributed by atoms with Gasteiger partial charge in [0.25, 0.3) is 0 Å². The van der Waals surface area contributed by atoms with Crippen LogP contribution in [0.4, 0.5) is 0 Å². The van der Waals surface area contributed by atoms with E-state index in [2.05, 4.69) is 0 Å². The monoisotopic (exact) mass is 296 g/mol. The van der Waals surface area contributed by atoms with Gasteiger partial charge < -0.3 is 9.84 Å². The molecule has 0 aliphatic rings. The highest BCUT2D eigenvalue weighted by Gasteiger charge is 2.14. The molecule has 0 heterocycles. The average Bonchev–Trinajstić information content (AvgIpc) is 2.41. The van der Waals surface area contributed by atoms with Crippen molar-refractivity contribution in [3.8, 4) is 5.75 Å². The molecule has 4 heteroatoms. The van der Waals surface area contributed by atoms with E-state index >= 15 is 0 Å². The van der Waals surface area contributed by atoms with Crippen LogP contribution in [0, 0.1) is 0 Å². The lowest BCUT2D eigenvalue weighted by atomic mass is 10.0. The van der Waals surface area contributed by atoms with Crippen molar-refractivity contribution < 1.29 is 9.84 Å². The van der Waals surface area contributed by atoms with Crippen LogP contribution in [0.5, 0.6) is 5.75 Å². The molecular weight excluding hydrogens is 283 g/mol. The topological polar surface area (TPSA) is 29.5 Å². The molecule has 1 N–H and O–H groups in total. The van der Waals surface area contributed by atoms with Crippen LogP contribution in [-0.2, 0) is 6.42 Å². The second kappa shape index (κ2) is 6.29. The lowest BCUT2D eigenvalue weighted by molar-refractivity contribution is 0.178. The van der Waals surface area contributed by atoms with Crippen molar-refractivity contribution in [2.45, 2.75) is 12.5 Å². The van der Waals surface area contributed by atoms with E-state index < -0.39 is 6.10 Å². The summed E-state index contributed by atoms with van der Waals surface area (Å²) in [5, 5.41) is 11.4. The van der Waals surface area contributed by atoms with E-state index in [1.165, 1.54) is 0 Å². The minimum atomic E-state index is -0.696. The smallest absolute Gasteiger partial charge is 0.120 e. The molecule has 2 aromatic carbocycles. The molecule has 0 spiro atoms. The van der Waals surface area contributed by atoms with Gasteiger partial charge in [0.1, 0.15) is 5.75 Å². The Morgan fingerprint density at radius 1 is 1.11 bits per heavy atom. The Balaban J connectivity index is 2.21. The van der Waals surface area contributed by atoms with Crippen LogP contribution in [0.1, 0.15) is 17.2 Å². The van der Waals surface area contributed by atoms with Crippen molar-refractivity contribution in [3.63, 3.8) is 0 Å². The van der Waals surface area contributed by atoms with Gasteiger partial charge >= 0.3 is 0 Å². The Morgan fingerprint density at radius 3 is 2.47 bits per heavy atom. The molecule has 0 radical (unpaired) electrons. The molecule has 0 aromatic heterocycles. The number of halogens is 2. The predicted molar refractivity (Wildman–Crippen MR) is 78.1 cm³/mol. The van der Waals surface area contributed by atoms with Crippen LogP contribution in [0.2, 0.25) is 10.0 Å². The lowest BCUT2D eigenvalue weighted by Crippen LogP contribution is -2.03. The maximum atomic E-state index is 10.3. The van der Waals surface area contributed by atoms with Crippen molar-refractivity contribution >= 4 is 23.2 Å². The van der Waals surface area contributed by atoms with Crippen LogP contribution in [0.25, 0.3) is 0 Å². The van der Waals surface area contributed by atoms with Gasteiger partial charge in [-0.2, -0.15) is 0 Å².